The van der Waals surface area contributed by atoms with E-state index in [4.69, 9.17) is 9.47 Å². The van der Waals surface area contributed by atoms with Crippen LogP contribution in [0.5, 0.6) is 0 Å². The second kappa shape index (κ2) is 8.01. The van der Waals surface area contributed by atoms with E-state index in [0.717, 1.165) is 12.8 Å². The number of benzene rings is 2. The summed E-state index contributed by atoms with van der Waals surface area (Å²) < 4.78 is 11.6. The van der Waals surface area contributed by atoms with Gasteiger partial charge >= 0.3 is 6.09 Å². The van der Waals surface area contributed by atoms with Gasteiger partial charge in [-0.1, -0.05) is 66.1 Å². The Morgan fingerprint density at radius 2 is 1.80 bits per heavy atom. The van der Waals surface area contributed by atoms with Gasteiger partial charge in [0.2, 0.25) is 0 Å². The predicted molar refractivity (Wildman–Crippen MR) is 116 cm³/mol. The van der Waals surface area contributed by atoms with Gasteiger partial charge in [0.05, 0.1) is 25.3 Å². The maximum absolute atomic E-state index is 13.1. The summed E-state index contributed by atoms with van der Waals surface area (Å²) in [5, 5.41) is 0. The zero-order valence-electron chi connectivity index (χ0n) is 17.1. The highest BCUT2D eigenvalue weighted by atomic mass is 16.6. The smallest absolute Gasteiger partial charge is 0.410 e. The van der Waals surface area contributed by atoms with E-state index < -0.39 is 0 Å². The summed E-state index contributed by atoms with van der Waals surface area (Å²) in [6.45, 7) is 3.28. The highest BCUT2D eigenvalue weighted by molar-refractivity contribution is 5.79. The lowest BCUT2D eigenvalue weighted by Gasteiger charge is -2.43. The van der Waals surface area contributed by atoms with Gasteiger partial charge in [0.15, 0.2) is 0 Å². The molecule has 0 saturated carbocycles. The normalized spacial score (nSPS) is 21.8. The first-order valence-corrected chi connectivity index (χ1v) is 10.6. The number of fused-ring (bicyclic) bond motifs is 5. The Morgan fingerprint density at radius 1 is 1.10 bits per heavy atom. The van der Waals surface area contributed by atoms with Gasteiger partial charge in [0.25, 0.3) is 0 Å². The molecule has 5 rings (SSSR count). The summed E-state index contributed by atoms with van der Waals surface area (Å²) in [5.41, 5.74) is 6.23. The third kappa shape index (κ3) is 3.30. The van der Waals surface area contributed by atoms with Crippen molar-refractivity contribution in [1.29, 1.82) is 0 Å². The average Bonchev–Trinajstić information content (AvgIpc) is 3.09. The Kier molecular flexibility index (Phi) is 5.06. The Hall–Kier alpha value is -3.03. The first-order valence-electron chi connectivity index (χ1n) is 10.6. The number of ether oxygens (including phenoxy) is 2. The van der Waals surface area contributed by atoms with Crippen LogP contribution >= 0.6 is 0 Å². The Morgan fingerprint density at radius 3 is 2.47 bits per heavy atom. The number of carbonyl (C=O) groups is 1. The van der Waals surface area contributed by atoms with Crippen LogP contribution in [0.3, 0.4) is 0 Å². The molecule has 0 aromatic heterocycles. The summed E-state index contributed by atoms with van der Waals surface area (Å²) in [6.07, 6.45) is 3.46. The van der Waals surface area contributed by atoms with Gasteiger partial charge in [-0.05, 0) is 35.6 Å². The highest BCUT2D eigenvalue weighted by Crippen LogP contribution is 2.44. The average molecular weight is 399 g/mol. The van der Waals surface area contributed by atoms with Crippen molar-refractivity contribution >= 4 is 6.09 Å². The molecular weight excluding hydrogens is 374 g/mol. The van der Waals surface area contributed by atoms with Crippen molar-refractivity contribution in [3.8, 4) is 23.0 Å². The van der Waals surface area contributed by atoms with Crippen LogP contribution in [0.4, 0.5) is 4.79 Å². The van der Waals surface area contributed by atoms with E-state index in [0.29, 0.717) is 19.8 Å². The van der Waals surface area contributed by atoms with Crippen molar-refractivity contribution < 1.29 is 14.3 Å². The lowest BCUT2D eigenvalue weighted by Crippen LogP contribution is -2.56. The third-order valence-electron chi connectivity index (χ3n) is 6.31. The quantitative estimate of drug-likeness (QED) is 0.552. The largest absolute Gasteiger partial charge is 0.448 e. The van der Waals surface area contributed by atoms with Crippen molar-refractivity contribution in [1.82, 2.24) is 4.90 Å². The van der Waals surface area contributed by atoms with E-state index in [-0.39, 0.29) is 24.1 Å². The summed E-state index contributed by atoms with van der Waals surface area (Å²) >= 11 is 0. The van der Waals surface area contributed by atoms with Gasteiger partial charge in [-0.25, -0.2) is 4.79 Å². The third-order valence-corrected chi connectivity index (χ3v) is 6.31. The molecule has 1 aliphatic carbocycles. The van der Waals surface area contributed by atoms with E-state index in [1.54, 1.807) is 0 Å². The van der Waals surface area contributed by atoms with Crippen LogP contribution in [0.1, 0.15) is 36.8 Å². The molecule has 2 aliphatic heterocycles. The van der Waals surface area contributed by atoms with E-state index in [9.17, 15) is 4.79 Å². The van der Waals surface area contributed by atoms with Crippen LogP contribution < -0.4 is 0 Å². The van der Waals surface area contributed by atoms with Crippen molar-refractivity contribution in [2.24, 2.45) is 0 Å². The van der Waals surface area contributed by atoms with Gasteiger partial charge in [-0.2, -0.15) is 0 Å². The first kappa shape index (κ1) is 19.0. The molecule has 2 bridgehead atoms. The molecule has 152 valence electrons. The molecule has 1 amide bonds. The summed E-state index contributed by atoms with van der Waals surface area (Å²) in [4.78, 5) is 15.0. The zero-order valence-corrected chi connectivity index (χ0v) is 17.1. The molecule has 1 fully saturated rings. The molecule has 2 aromatic carbocycles. The van der Waals surface area contributed by atoms with Crippen LogP contribution in [0.25, 0.3) is 11.1 Å². The van der Waals surface area contributed by atoms with Crippen molar-refractivity contribution in [2.75, 3.05) is 19.8 Å². The monoisotopic (exact) mass is 399 g/mol. The molecule has 0 N–H and O–H groups in total. The highest BCUT2D eigenvalue weighted by Gasteiger charge is 2.39. The predicted octanol–water partition coefficient (Wildman–Crippen LogP) is 4.75. The molecule has 0 spiro atoms. The molecule has 2 aromatic rings. The number of rotatable bonds is 3. The fourth-order valence-electron chi connectivity index (χ4n) is 4.97. The number of nitrogens with zero attached hydrogens (tertiary/aromatic N) is 1. The van der Waals surface area contributed by atoms with Crippen molar-refractivity contribution in [3.63, 3.8) is 0 Å². The topological polar surface area (TPSA) is 38.8 Å². The van der Waals surface area contributed by atoms with Gasteiger partial charge < -0.3 is 9.47 Å². The fourth-order valence-corrected chi connectivity index (χ4v) is 4.97. The van der Waals surface area contributed by atoms with Crippen LogP contribution in [-0.2, 0) is 9.47 Å². The number of hydrogen-bond acceptors (Lipinski definition) is 3. The van der Waals surface area contributed by atoms with Gasteiger partial charge in [0.1, 0.15) is 6.61 Å². The van der Waals surface area contributed by atoms with Crippen LogP contribution in [0.2, 0.25) is 0 Å². The Labute approximate surface area is 177 Å². The van der Waals surface area contributed by atoms with Crippen molar-refractivity contribution in [2.45, 2.75) is 37.8 Å². The Bertz CT molecular complexity index is 1020. The molecular formula is C26H25NO3. The minimum absolute atomic E-state index is 0.0260. The van der Waals surface area contributed by atoms with E-state index >= 15 is 0 Å². The second-order valence-corrected chi connectivity index (χ2v) is 8.10. The fraction of sp³-hybridized carbons (Fsp3) is 0.346. The minimum Gasteiger partial charge on any atom is -0.448 e. The van der Waals surface area contributed by atoms with Crippen LogP contribution in [0.15, 0.2) is 60.2 Å². The molecule has 2 unspecified atom stereocenters. The molecule has 4 nitrogen and oxygen atoms in total. The maximum Gasteiger partial charge on any atom is 0.410 e. The maximum atomic E-state index is 13.1. The zero-order chi connectivity index (χ0) is 20.5. The number of morpholine rings is 1. The molecule has 30 heavy (non-hydrogen) atoms. The molecule has 1 saturated heterocycles. The lowest BCUT2D eigenvalue weighted by molar-refractivity contribution is -0.0363. The summed E-state index contributed by atoms with van der Waals surface area (Å²) in [7, 11) is 0. The van der Waals surface area contributed by atoms with Gasteiger partial charge in [0, 0.05) is 12.3 Å². The summed E-state index contributed by atoms with van der Waals surface area (Å²) in [6, 6.07) is 16.8. The molecule has 2 heterocycles. The standard InChI is InChI=1S/C26H25NO3/c1-2-3-8-18-13-19-15-29-16-20(14-18)27(19)26(28)30-17-25-23-11-6-4-9-21(23)22-10-5-7-12-24(22)25/h4-7,9-13,19-20,25H,8,14-17H2,1H3. The number of hydrogen-bond donors (Lipinski definition) is 0. The van der Waals surface area contributed by atoms with E-state index in [1.165, 1.54) is 27.8 Å². The van der Waals surface area contributed by atoms with Crippen LogP contribution in [0, 0.1) is 11.8 Å². The van der Waals surface area contributed by atoms with Gasteiger partial charge in [-0.3, -0.25) is 4.90 Å². The lowest BCUT2D eigenvalue weighted by atomic mass is 9.93. The van der Waals surface area contributed by atoms with Crippen LogP contribution in [-0.4, -0.2) is 42.9 Å². The number of amides is 1. The molecule has 3 aliphatic rings. The SMILES string of the molecule is CC#CCC1=CC2COCC(C1)N2C(=O)OCC1c2ccccc2-c2ccccc21. The summed E-state index contributed by atoms with van der Waals surface area (Å²) in [5.74, 6) is 6.17. The van der Waals surface area contributed by atoms with E-state index in [1.807, 2.05) is 11.8 Å². The van der Waals surface area contributed by atoms with Gasteiger partial charge in [-0.15, -0.1) is 5.92 Å². The van der Waals surface area contributed by atoms with E-state index in [2.05, 4.69) is 66.4 Å². The van der Waals surface area contributed by atoms with Crippen molar-refractivity contribution in [3.05, 3.63) is 71.3 Å². The Balaban J connectivity index is 1.33. The molecule has 0 radical (unpaired) electrons. The molecule has 4 heteroatoms. The second-order valence-electron chi connectivity index (χ2n) is 8.10. The first-order chi connectivity index (χ1) is 14.8. The minimum atomic E-state index is -0.243. The number of carbonyl (C=O) groups excluding carboxylic acids is 1. The molecule has 2 atom stereocenters.